The normalized spacial score (nSPS) is 14.1. The molecule has 0 unspecified atom stereocenters. The van der Waals surface area contributed by atoms with E-state index >= 15 is 0 Å². The molecule has 1 aliphatic heterocycles. The van der Waals surface area contributed by atoms with E-state index in [4.69, 9.17) is 10.1 Å². The topological polar surface area (TPSA) is 143 Å². The van der Waals surface area contributed by atoms with Gasteiger partial charge in [-0.3, -0.25) is 4.79 Å². The number of benzene rings is 2. The van der Waals surface area contributed by atoms with Crippen molar-refractivity contribution in [2.24, 2.45) is 5.14 Å². The van der Waals surface area contributed by atoms with Gasteiger partial charge < -0.3 is 15.5 Å². The van der Waals surface area contributed by atoms with Crippen molar-refractivity contribution < 1.29 is 13.2 Å². The molecule has 0 saturated carbocycles. The Morgan fingerprint density at radius 1 is 1.06 bits per heavy atom. The van der Waals surface area contributed by atoms with Gasteiger partial charge in [-0.05, 0) is 42.0 Å². The van der Waals surface area contributed by atoms with Crippen molar-refractivity contribution in [3.05, 3.63) is 67.0 Å². The summed E-state index contributed by atoms with van der Waals surface area (Å²) in [5.74, 6) is 1.07. The fourth-order valence-corrected chi connectivity index (χ4v) is 4.31. The van der Waals surface area contributed by atoms with Crippen molar-refractivity contribution in [1.29, 1.82) is 0 Å². The number of nitrogens with two attached hydrogens (primary N) is 1. The number of hydrogen-bond acceptors (Lipinski definition) is 8. The molecular weight excluding hydrogens is 454 g/mol. The van der Waals surface area contributed by atoms with Crippen LogP contribution in [0.2, 0.25) is 0 Å². The second-order valence-electron chi connectivity index (χ2n) is 7.81. The minimum Gasteiger partial charge on any atom is -0.353 e. The van der Waals surface area contributed by atoms with Crippen molar-refractivity contribution in [2.75, 3.05) is 29.9 Å². The molecule has 4 N–H and O–H groups in total. The van der Waals surface area contributed by atoms with Gasteiger partial charge in [0.05, 0.1) is 17.0 Å². The van der Waals surface area contributed by atoms with Crippen LogP contribution < -0.4 is 20.7 Å². The number of amides is 1. The third-order valence-electron chi connectivity index (χ3n) is 5.47. The average molecular weight is 476 g/mol. The summed E-state index contributed by atoms with van der Waals surface area (Å²) in [6.45, 7) is 1.55. The summed E-state index contributed by atoms with van der Waals surface area (Å²) in [4.78, 5) is 27.3. The van der Waals surface area contributed by atoms with Crippen molar-refractivity contribution in [1.82, 2.24) is 20.3 Å². The lowest BCUT2D eigenvalue weighted by Gasteiger charge is -2.27. The smallest absolute Gasteiger partial charge is 0.239 e. The molecular formula is C23H21N7O3S. The third kappa shape index (κ3) is 4.51. The van der Waals surface area contributed by atoms with Gasteiger partial charge in [-0.2, -0.15) is 0 Å². The van der Waals surface area contributed by atoms with Gasteiger partial charge in [0.1, 0.15) is 5.82 Å². The van der Waals surface area contributed by atoms with Crippen LogP contribution in [0, 0.1) is 0 Å². The molecule has 0 bridgehead atoms. The van der Waals surface area contributed by atoms with Gasteiger partial charge in [0.15, 0.2) is 0 Å². The van der Waals surface area contributed by atoms with Crippen LogP contribution in [-0.4, -0.2) is 48.9 Å². The number of primary sulfonamides is 1. The summed E-state index contributed by atoms with van der Waals surface area (Å²) in [5.41, 5.74) is 3.19. The van der Waals surface area contributed by atoms with Crippen LogP contribution in [0.5, 0.6) is 0 Å². The number of hydrogen-bond donors (Lipinski definition) is 3. The maximum absolute atomic E-state index is 11.8. The number of fused-ring (bicyclic) bond motifs is 1. The van der Waals surface area contributed by atoms with E-state index in [2.05, 4.69) is 20.6 Å². The van der Waals surface area contributed by atoms with Crippen LogP contribution in [0.15, 0.2) is 71.9 Å². The molecule has 1 fully saturated rings. The van der Waals surface area contributed by atoms with Crippen LogP contribution in [0.3, 0.4) is 0 Å². The number of carbonyl (C=O) groups excluding carboxylic acids is 1. The first-order valence-electron chi connectivity index (χ1n) is 10.5. The zero-order valence-electron chi connectivity index (χ0n) is 18.0. The van der Waals surface area contributed by atoms with E-state index < -0.39 is 10.0 Å². The predicted octanol–water partition coefficient (Wildman–Crippen LogP) is 2.02. The minimum atomic E-state index is -3.76. The Bertz CT molecular complexity index is 1490. The number of nitrogens with one attached hydrogen (secondary N) is 2. The van der Waals surface area contributed by atoms with Gasteiger partial charge in [-0.25, -0.2) is 28.5 Å². The van der Waals surface area contributed by atoms with Crippen molar-refractivity contribution in [3.63, 3.8) is 0 Å². The molecule has 0 aliphatic carbocycles. The molecule has 2 aromatic heterocycles. The van der Waals surface area contributed by atoms with E-state index in [1.54, 1.807) is 24.5 Å². The number of para-hydroxylation sites is 1. The Balaban J connectivity index is 1.48. The molecule has 2 aromatic carbocycles. The second-order valence-corrected chi connectivity index (χ2v) is 9.37. The summed E-state index contributed by atoms with van der Waals surface area (Å²) < 4.78 is 22.9. The number of pyridine rings is 1. The van der Waals surface area contributed by atoms with Gasteiger partial charge in [-0.1, -0.05) is 18.2 Å². The lowest BCUT2D eigenvalue weighted by Crippen LogP contribution is -2.48. The Labute approximate surface area is 195 Å². The highest BCUT2D eigenvalue weighted by atomic mass is 32.2. The highest BCUT2D eigenvalue weighted by molar-refractivity contribution is 7.89. The predicted molar refractivity (Wildman–Crippen MR) is 129 cm³/mol. The van der Waals surface area contributed by atoms with Gasteiger partial charge in [0, 0.05) is 42.1 Å². The molecule has 5 rings (SSSR count). The van der Waals surface area contributed by atoms with Crippen LogP contribution in [0.4, 0.5) is 17.5 Å². The fraction of sp³-hybridized carbons (Fsp3) is 0.130. The van der Waals surface area contributed by atoms with E-state index in [0.717, 1.165) is 27.8 Å². The maximum atomic E-state index is 11.8. The molecule has 10 nitrogen and oxygen atoms in total. The molecule has 1 amide bonds. The third-order valence-corrected chi connectivity index (χ3v) is 6.40. The van der Waals surface area contributed by atoms with E-state index in [-0.39, 0.29) is 17.3 Å². The van der Waals surface area contributed by atoms with Crippen LogP contribution in [0.25, 0.3) is 22.0 Å². The standard InChI is InChI=1S/C23H21N7O3S/c24-34(32,33)18-6-4-17(5-7-18)28-23-27-13-16-2-1-3-19(22(16)29-23)15-8-9-25-20(12-15)30-11-10-26-21(31)14-30/h1-9,12-13H,10-11,14H2,(H,26,31)(H2,24,32,33)(H,27,28,29). The van der Waals surface area contributed by atoms with Crippen LogP contribution in [-0.2, 0) is 14.8 Å². The number of aromatic nitrogens is 3. The number of anilines is 3. The van der Waals surface area contributed by atoms with Crippen molar-refractivity contribution in [3.8, 4) is 11.1 Å². The Kier molecular flexibility index (Phi) is 5.56. The molecule has 0 atom stereocenters. The van der Waals surface area contributed by atoms with E-state index in [0.29, 0.717) is 24.7 Å². The lowest BCUT2D eigenvalue weighted by atomic mass is 10.0. The van der Waals surface area contributed by atoms with Gasteiger partial charge >= 0.3 is 0 Å². The fourth-order valence-electron chi connectivity index (χ4n) is 3.80. The van der Waals surface area contributed by atoms with E-state index in [1.165, 1.54) is 12.1 Å². The largest absolute Gasteiger partial charge is 0.353 e. The monoisotopic (exact) mass is 475 g/mol. The Morgan fingerprint density at radius 3 is 2.65 bits per heavy atom. The zero-order valence-corrected chi connectivity index (χ0v) is 18.8. The molecule has 4 aromatic rings. The lowest BCUT2D eigenvalue weighted by molar-refractivity contribution is -0.120. The molecule has 1 saturated heterocycles. The molecule has 11 heteroatoms. The average Bonchev–Trinajstić information content (AvgIpc) is 2.83. The molecule has 0 spiro atoms. The summed E-state index contributed by atoms with van der Waals surface area (Å²) >= 11 is 0. The van der Waals surface area contributed by atoms with E-state index in [1.807, 2.05) is 35.2 Å². The Morgan fingerprint density at radius 2 is 1.88 bits per heavy atom. The summed E-state index contributed by atoms with van der Waals surface area (Å²) in [6.07, 6.45) is 3.45. The number of carbonyl (C=O) groups is 1. The van der Waals surface area contributed by atoms with Gasteiger partial charge in [-0.15, -0.1) is 0 Å². The molecule has 1 aliphatic rings. The van der Waals surface area contributed by atoms with Crippen molar-refractivity contribution >= 4 is 44.3 Å². The summed E-state index contributed by atoms with van der Waals surface area (Å²) in [7, 11) is -3.76. The molecule has 34 heavy (non-hydrogen) atoms. The maximum Gasteiger partial charge on any atom is 0.239 e. The highest BCUT2D eigenvalue weighted by Crippen LogP contribution is 2.30. The zero-order chi connectivity index (χ0) is 23.7. The highest BCUT2D eigenvalue weighted by Gasteiger charge is 2.18. The first-order chi connectivity index (χ1) is 16.4. The van der Waals surface area contributed by atoms with Gasteiger partial charge in [0.25, 0.3) is 0 Å². The summed E-state index contributed by atoms with van der Waals surface area (Å²) in [5, 5.41) is 11.9. The Hall–Kier alpha value is -4.09. The molecule has 3 heterocycles. The quantitative estimate of drug-likeness (QED) is 0.398. The SMILES string of the molecule is NS(=O)(=O)c1ccc(Nc2ncc3cccc(-c4ccnc(N5CCNC(=O)C5)c4)c3n2)cc1. The van der Waals surface area contributed by atoms with E-state index in [9.17, 15) is 13.2 Å². The number of rotatable bonds is 5. The van der Waals surface area contributed by atoms with Crippen LogP contribution >= 0.6 is 0 Å². The number of piperazine rings is 1. The number of sulfonamides is 1. The first-order valence-corrected chi connectivity index (χ1v) is 12.1. The molecule has 172 valence electrons. The van der Waals surface area contributed by atoms with Crippen LogP contribution in [0.1, 0.15) is 0 Å². The van der Waals surface area contributed by atoms with Gasteiger partial charge in [0.2, 0.25) is 21.9 Å². The second kappa shape index (κ2) is 8.69. The first kappa shape index (κ1) is 21.7. The molecule has 0 radical (unpaired) electrons. The number of nitrogens with zero attached hydrogens (tertiary/aromatic N) is 4. The van der Waals surface area contributed by atoms with Crippen molar-refractivity contribution in [2.45, 2.75) is 4.90 Å². The minimum absolute atomic E-state index is 0.0239. The summed E-state index contributed by atoms with van der Waals surface area (Å²) in [6, 6.07) is 15.7.